The Balaban J connectivity index is 2.05. The maximum Gasteiger partial charge on any atom is 0.271 e. The zero-order valence-electron chi connectivity index (χ0n) is 12.4. The molecule has 0 aromatic carbocycles. The molecule has 2 rings (SSSR count). The van der Waals surface area contributed by atoms with Gasteiger partial charge >= 0.3 is 0 Å². The topological polar surface area (TPSA) is 84.2 Å². The van der Waals surface area contributed by atoms with Gasteiger partial charge in [-0.3, -0.25) is 9.59 Å². The maximum absolute atomic E-state index is 12.2. The average Bonchev–Trinajstić information content (AvgIpc) is 3.30. The van der Waals surface area contributed by atoms with E-state index < -0.39 is 0 Å². The van der Waals surface area contributed by atoms with Gasteiger partial charge in [0.2, 0.25) is 0 Å². The summed E-state index contributed by atoms with van der Waals surface area (Å²) < 4.78 is 1.34. The lowest BCUT2D eigenvalue weighted by atomic mass is 10.1. The predicted octanol–water partition coefficient (Wildman–Crippen LogP) is 0.934. The van der Waals surface area contributed by atoms with Gasteiger partial charge in [0.15, 0.2) is 0 Å². The van der Waals surface area contributed by atoms with Crippen LogP contribution in [0.2, 0.25) is 0 Å². The van der Waals surface area contributed by atoms with Gasteiger partial charge in [-0.15, -0.1) is 0 Å². The van der Waals surface area contributed by atoms with Crippen LogP contribution >= 0.6 is 0 Å². The van der Waals surface area contributed by atoms with E-state index in [2.05, 4.69) is 10.4 Å². The molecule has 6 nitrogen and oxygen atoms in total. The van der Waals surface area contributed by atoms with Crippen LogP contribution in [0.5, 0.6) is 0 Å². The third-order valence-corrected chi connectivity index (χ3v) is 3.77. The Hall–Kier alpha value is -1.69. The summed E-state index contributed by atoms with van der Waals surface area (Å²) in [6.45, 7) is 2.63. The first kappa shape index (κ1) is 15.7. The second-order valence-electron chi connectivity index (χ2n) is 5.56. The summed E-state index contributed by atoms with van der Waals surface area (Å²) in [6.07, 6.45) is 4.56. The fraction of sp³-hybridized carbons (Fsp3) is 0.667. The van der Waals surface area contributed by atoms with Crippen LogP contribution in [0, 0.1) is 5.92 Å². The van der Waals surface area contributed by atoms with Crippen molar-refractivity contribution >= 4 is 5.91 Å². The monoisotopic (exact) mass is 293 g/mol. The molecule has 1 fully saturated rings. The number of hydrogen-bond donors (Lipinski definition) is 2. The molecule has 0 spiro atoms. The molecular formula is C15H23N3O3. The normalized spacial score (nSPS) is 15.7. The van der Waals surface area contributed by atoms with Crippen LogP contribution in [0.4, 0.5) is 0 Å². The smallest absolute Gasteiger partial charge is 0.271 e. The number of hydrogen-bond acceptors (Lipinski definition) is 4. The highest BCUT2D eigenvalue weighted by Crippen LogP contribution is 2.33. The van der Waals surface area contributed by atoms with E-state index >= 15 is 0 Å². The van der Waals surface area contributed by atoms with Crippen molar-refractivity contribution in [3.05, 3.63) is 28.2 Å². The molecule has 1 aliphatic carbocycles. The van der Waals surface area contributed by atoms with E-state index in [1.165, 1.54) is 16.8 Å². The minimum absolute atomic E-state index is 0.000296. The molecule has 1 atom stereocenters. The molecule has 1 aromatic heterocycles. The van der Waals surface area contributed by atoms with Gasteiger partial charge in [-0.2, -0.15) is 5.10 Å². The van der Waals surface area contributed by atoms with Crippen molar-refractivity contribution < 1.29 is 9.90 Å². The molecule has 0 saturated heterocycles. The number of carbonyl (C=O) groups is 1. The number of aliphatic hydroxyl groups excluding tert-OH is 1. The summed E-state index contributed by atoms with van der Waals surface area (Å²) in [4.78, 5) is 23.9. The minimum Gasteiger partial charge on any atom is -0.396 e. The van der Waals surface area contributed by atoms with Crippen LogP contribution in [0.3, 0.4) is 0 Å². The molecule has 2 N–H and O–H groups in total. The SMILES string of the molecule is CCCCn1nc(C(=O)NC(CCO)C2CC2)ccc1=O. The summed E-state index contributed by atoms with van der Waals surface area (Å²) in [5.74, 6) is 0.192. The molecule has 0 bridgehead atoms. The molecule has 6 heteroatoms. The summed E-state index contributed by atoms with van der Waals surface area (Å²) in [5, 5.41) is 16.1. The third kappa shape index (κ3) is 4.39. The van der Waals surface area contributed by atoms with Crippen molar-refractivity contribution in [3.63, 3.8) is 0 Å². The van der Waals surface area contributed by atoms with Crippen molar-refractivity contribution in [1.82, 2.24) is 15.1 Å². The van der Waals surface area contributed by atoms with Gasteiger partial charge in [0.25, 0.3) is 11.5 Å². The van der Waals surface area contributed by atoms with Crippen LogP contribution in [0.15, 0.2) is 16.9 Å². The first-order chi connectivity index (χ1) is 10.2. The average molecular weight is 293 g/mol. The van der Waals surface area contributed by atoms with Gasteiger partial charge in [-0.1, -0.05) is 13.3 Å². The molecule has 0 aliphatic heterocycles. The minimum atomic E-state index is -0.273. The van der Waals surface area contributed by atoms with Gasteiger partial charge in [0, 0.05) is 25.3 Å². The van der Waals surface area contributed by atoms with Crippen LogP contribution in [-0.4, -0.2) is 33.4 Å². The highest BCUT2D eigenvalue weighted by molar-refractivity contribution is 5.92. The Morgan fingerprint density at radius 1 is 1.52 bits per heavy atom. The fourth-order valence-corrected chi connectivity index (χ4v) is 2.34. The van der Waals surface area contributed by atoms with Crippen LogP contribution in [-0.2, 0) is 6.54 Å². The number of carbonyl (C=O) groups excluding carboxylic acids is 1. The second-order valence-corrected chi connectivity index (χ2v) is 5.56. The molecule has 1 heterocycles. The van der Waals surface area contributed by atoms with Gasteiger partial charge in [-0.25, -0.2) is 4.68 Å². The molecule has 1 unspecified atom stereocenters. The number of rotatable bonds is 8. The third-order valence-electron chi connectivity index (χ3n) is 3.77. The van der Waals surface area contributed by atoms with E-state index in [1.54, 1.807) is 0 Å². The van der Waals surface area contributed by atoms with Crippen molar-refractivity contribution in [1.29, 1.82) is 0 Å². The van der Waals surface area contributed by atoms with Gasteiger partial charge in [0.05, 0.1) is 0 Å². The maximum atomic E-state index is 12.2. The van der Waals surface area contributed by atoms with Crippen molar-refractivity contribution in [2.75, 3.05) is 6.61 Å². The lowest BCUT2D eigenvalue weighted by Gasteiger charge is -2.17. The number of nitrogens with zero attached hydrogens (tertiary/aromatic N) is 2. The van der Waals surface area contributed by atoms with E-state index in [4.69, 9.17) is 5.11 Å². The molecule has 0 radical (unpaired) electrons. The van der Waals surface area contributed by atoms with Gasteiger partial charge < -0.3 is 10.4 Å². The Labute approximate surface area is 124 Å². The van der Waals surface area contributed by atoms with Crippen molar-refractivity contribution in [3.8, 4) is 0 Å². The Kier molecular flexibility index (Phi) is 5.50. The van der Waals surface area contributed by atoms with E-state index in [-0.39, 0.29) is 29.8 Å². The number of nitrogens with one attached hydrogen (secondary N) is 1. The van der Waals surface area contributed by atoms with Crippen molar-refractivity contribution in [2.45, 2.75) is 51.6 Å². The number of amides is 1. The van der Waals surface area contributed by atoms with Crippen molar-refractivity contribution in [2.24, 2.45) is 5.92 Å². The fourth-order valence-electron chi connectivity index (χ4n) is 2.34. The zero-order valence-corrected chi connectivity index (χ0v) is 12.4. The van der Waals surface area contributed by atoms with E-state index in [0.717, 1.165) is 25.7 Å². The summed E-state index contributed by atoms with van der Waals surface area (Å²) in [7, 11) is 0. The lowest BCUT2D eigenvalue weighted by Crippen LogP contribution is -2.38. The molecule has 1 aromatic rings. The number of aromatic nitrogens is 2. The van der Waals surface area contributed by atoms with E-state index in [9.17, 15) is 9.59 Å². The summed E-state index contributed by atoms with van der Waals surface area (Å²) in [5.41, 5.74) is 0.0726. The highest BCUT2D eigenvalue weighted by Gasteiger charge is 2.32. The zero-order chi connectivity index (χ0) is 15.2. The predicted molar refractivity (Wildman–Crippen MR) is 79.1 cm³/mol. The Bertz CT molecular complexity index is 537. The summed E-state index contributed by atoms with van der Waals surface area (Å²) >= 11 is 0. The molecule has 1 amide bonds. The standard InChI is InChI=1S/C15H23N3O3/c1-2-3-9-18-14(20)7-6-13(17-18)15(21)16-12(8-10-19)11-4-5-11/h6-7,11-12,19H,2-5,8-10H2,1H3,(H,16,21). The first-order valence-electron chi connectivity index (χ1n) is 7.65. The van der Waals surface area contributed by atoms with E-state index in [0.29, 0.717) is 18.9 Å². The number of aryl methyl sites for hydroxylation is 1. The lowest BCUT2D eigenvalue weighted by molar-refractivity contribution is 0.0916. The van der Waals surface area contributed by atoms with Gasteiger partial charge in [0.1, 0.15) is 5.69 Å². The first-order valence-corrected chi connectivity index (χ1v) is 7.65. The molecule has 21 heavy (non-hydrogen) atoms. The number of unbranched alkanes of at least 4 members (excludes halogenated alkanes) is 1. The van der Waals surface area contributed by atoms with Crippen LogP contribution < -0.4 is 10.9 Å². The Morgan fingerprint density at radius 3 is 2.90 bits per heavy atom. The van der Waals surface area contributed by atoms with Crippen LogP contribution in [0.25, 0.3) is 0 Å². The molecule has 116 valence electrons. The largest absolute Gasteiger partial charge is 0.396 e. The molecule has 1 saturated carbocycles. The van der Waals surface area contributed by atoms with Crippen LogP contribution in [0.1, 0.15) is 49.5 Å². The summed E-state index contributed by atoms with van der Waals surface area (Å²) in [6, 6.07) is 2.85. The van der Waals surface area contributed by atoms with Gasteiger partial charge in [-0.05, 0) is 37.7 Å². The van der Waals surface area contributed by atoms with E-state index in [1.807, 2.05) is 6.92 Å². The number of aliphatic hydroxyl groups is 1. The second kappa shape index (κ2) is 7.36. The molecular weight excluding hydrogens is 270 g/mol. The highest BCUT2D eigenvalue weighted by atomic mass is 16.3. The Morgan fingerprint density at radius 2 is 2.29 bits per heavy atom. The quantitative estimate of drug-likeness (QED) is 0.747. The molecule has 1 aliphatic rings.